The van der Waals surface area contributed by atoms with Crippen LogP contribution in [-0.2, 0) is 32.1 Å². The highest BCUT2D eigenvalue weighted by molar-refractivity contribution is 8.00. The van der Waals surface area contributed by atoms with Crippen LogP contribution in [0.15, 0.2) is 66.4 Å². The van der Waals surface area contributed by atoms with E-state index in [2.05, 4.69) is 5.32 Å². The zero-order valence-electron chi connectivity index (χ0n) is 17.7. The van der Waals surface area contributed by atoms with Crippen molar-refractivity contribution in [2.75, 3.05) is 0 Å². The number of esters is 1. The largest absolute Gasteiger partial charge is 0.456 e. The highest BCUT2D eigenvalue weighted by Gasteiger charge is 2.54. The molecule has 0 saturated carbocycles. The number of nitrogens with zero attached hydrogens (tertiary/aromatic N) is 2. The molecule has 1 N–H and O–H groups in total. The molecule has 4 rings (SSSR count). The summed E-state index contributed by atoms with van der Waals surface area (Å²) in [4.78, 5) is 49.5. The maximum absolute atomic E-state index is 12.8. The van der Waals surface area contributed by atoms with E-state index < -0.39 is 16.9 Å². The quantitative estimate of drug-likeness (QED) is 0.288. The Morgan fingerprint density at radius 3 is 2.48 bits per heavy atom. The summed E-state index contributed by atoms with van der Waals surface area (Å²) in [6.45, 7) is 1.82. The number of nitro benzene ring substituents is 1. The Bertz CT molecular complexity index is 1120. The van der Waals surface area contributed by atoms with Gasteiger partial charge in [0, 0.05) is 17.4 Å². The summed E-state index contributed by atoms with van der Waals surface area (Å²) < 4.78 is 5.34. The van der Waals surface area contributed by atoms with Gasteiger partial charge in [0.1, 0.15) is 23.7 Å². The highest BCUT2D eigenvalue weighted by atomic mass is 32.2. The summed E-state index contributed by atoms with van der Waals surface area (Å²) in [6, 6.07) is 14.2. The molecule has 3 atom stereocenters. The molecule has 170 valence electrons. The number of benzene rings is 2. The fraction of sp³-hybridized carbons (Fsp3) is 0.261. The SMILES string of the molecule is CC1C=C(C(=O)OCc2ccc([N+](=O)[O-])cc2)N2C(=O)C(NC(=O)Cc3ccccc3)[C@@H]2S1. The van der Waals surface area contributed by atoms with Crippen molar-refractivity contribution in [3.63, 3.8) is 0 Å². The summed E-state index contributed by atoms with van der Waals surface area (Å²) in [6.07, 6.45) is 1.83. The van der Waals surface area contributed by atoms with Crippen LogP contribution >= 0.6 is 11.8 Å². The van der Waals surface area contributed by atoms with Crippen LogP contribution in [0, 0.1) is 10.1 Å². The number of carbonyl (C=O) groups excluding carboxylic acids is 3. The Kier molecular flexibility index (Phi) is 6.45. The van der Waals surface area contributed by atoms with Gasteiger partial charge in [0.05, 0.1) is 11.3 Å². The maximum atomic E-state index is 12.8. The number of non-ortho nitro benzene ring substituents is 1. The molecule has 2 aromatic rings. The van der Waals surface area contributed by atoms with Crippen molar-refractivity contribution >= 4 is 35.2 Å². The van der Waals surface area contributed by atoms with Crippen molar-refractivity contribution in [3.05, 3.63) is 87.6 Å². The molecule has 1 saturated heterocycles. The summed E-state index contributed by atoms with van der Waals surface area (Å²) in [5.74, 6) is -1.28. The number of amides is 2. The van der Waals surface area contributed by atoms with E-state index in [1.165, 1.54) is 40.9 Å². The predicted octanol–water partition coefficient (Wildman–Crippen LogP) is 2.55. The number of nitrogens with one attached hydrogen (secondary N) is 1. The Labute approximate surface area is 193 Å². The minimum Gasteiger partial charge on any atom is -0.456 e. The number of β-lactam (4-membered cyclic amide) rings is 1. The highest BCUT2D eigenvalue weighted by Crippen LogP contribution is 2.41. The van der Waals surface area contributed by atoms with Gasteiger partial charge in [0.15, 0.2) is 0 Å². The maximum Gasteiger partial charge on any atom is 0.355 e. The lowest BCUT2D eigenvalue weighted by Crippen LogP contribution is -2.70. The lowest BCUT2D eigenvalue weighted by atomic mass is 10.0. The molecule has 0 radical (unpaired) electrons. The van der Waals surface area contributed by atoms with E-state index in [9.17, 15) is 24.5 Å². The summed E-state index contributed by atoms with van der Waals surface area (Å²) in [5.41, 5.74) is 1.52. The van der Waals surface area contributed by atoms with E-state index in [1.54, 1.807) is 6.08 Å². The normalized spacial score (nSPS) is 21.4. The molecule has 0 spiro atoms. The fourth-order valence-electron chi connectivity index (χ4n) is 3.66. The Hall–Kier alpha value is -3.66. The number of hydrogen-bond donors (Lipinski definition) is 1. The molecule has 10 heteroatoms. The second-order valence-electron chi connectivity index (χ2n) is 7.70. The number of nitro groups is 1. The monoisotopic (exact) mass is 467 g/mol. The van der Waals surface area contributed by atoms with Crippen LogP contribution in [-0.4, -0.2) is 44.3 Å². The van der Waals surface area contributed by atoms with Gasteiger partial charge in [0.2, 0.25) is 5.91 Å². The number of thioether (sulfide) groups is 1. The third kappa shape index (κ3) is 4.90. The van der Waals surface area contributed by atoms with E-state index in [0.717, 1.165) is 5.56 Å². The lowest BCUT2D eigenvalue weighted by molar-refractivity contribution is -0.384. The average molecular weight is 468 g/mol. The van der Waals surface area contributed by atoms with Crippen LogP contribution in [0.3, 0.4) is 0 Å². The van der Waals surface area contributed by atoms with Gasteiger partial charge in [-0.15, -0.1) is 11.8 Å². The number of hydrogen-bond acceptors (Lipinski definition) is 7. The van der Waals surface area contributed by atoms with Crippen LogP contribution in [0.4, 0.5) is 5.69 Å². The van der Waals surface area contributed by atoms with E-state index in [-0.39, 0.29) is 46.9 Å². The number of fused-ring (bicyclic) bond motifs is 1. The molecule has 1 fully saturated rings. The molecule has 9 nitrogen and oxygen atoms in total. The molecule has 2 aliphatic heterocycles. The second-order valence-corrected chi connectivity index (χ2v) is 9.20. The van der Waals surface area contributed by atoms with Gasteiger partial charge in [-0.2, -0.15) is 0 Å². The molecule has 2 aromatic carbocycles. The zero-order chi connectivity index (χ0) is 23.5. The van der Waals surface area contributed by atoms with Gasteiger partial charge < -0.3 is 10.1 Å². The lowest BCUT2D eigenvalue weighted by Gasteiger charge is -2.49. The van der Waals surface area contributed by atoms with Crippen LogP contribution in [0.2, 0.25) is 0 Å². The smallest absolute Gasteiger partial charge is 0.355 e. The van der Waals surface area contributed by atoms with Gasteiger partial charge in [0.25, 0.3) is 11.6 Å². The first kappa shape index (κ1) is 22.5. The van der Waals surface area contributed by atoms with E-state index in [1.807, 2.05) is 37.3 Å². The molecule has 0 bridgehead atoms. The average Bonchev–Trinajstić information content (AvgIpc) is 2.81. The first-order valence-electron chi connectivity index (χ1n) is 10.3. The molecule has 33 heavy (non-hydrogen) atoms. The van der Waals surface area contributed by atoms with E-state index >= 15 is 0 Å². The summed E-state index contributed by atoms with van der Waals surface area (Å²) >= 11 is 1.48. The Morgan fingerprint density at radius 2 is 1.82 bits per heavy atom. The molecule has 2 aliphatic rings. The molecule has 0 aliphatic carbocycles. The van der Waals surface area contributed by atoms with Crippen molar-refractivity contribution in [1.82, 2.24) is 10.2 Å². The molecular formula is C23H21N3O6S. The molecule has 0 aromatic heterocycles. The van der Waals surface area contributed by atoms with Gasteiger partial charge in [-0.25, -0.2) is 4.79 Å². The molecule has 2 heterocycles. The van der Waals surface area contributed by atoms with Crippen molar-refractivity contribution in [3.8, 4) is 0 Å². The molecular weight excluding hydrogens is 446 g/mol. The Morgan fingerprint density at radius 1 is 1.12 bits per heavy atom. The van der Waals surface area contributed by atoms with Crippen LogP contribution < -0.4 is 5.32 Å². The van der Waals surface area contributed by atoms with E-state index in [0.29, 0.717) is 5.56 Å². The first-order chi connectivity index (χ1) is 15.8. The van der Waals surface area contributed by atoms with Gasteiger partial charge >= 0.3 is 5.97 Å². The van der Waals surface area contributed by atoms with Gasteiger partial charge in [-0.05, 0) is 36.3 Å². The topological polar surface area (TPSA) is 119 Å². The summed E-state index contributed by atoms with van der Waals surface area (Å²) in [7, 11) is 0. The number of ether oxygens (including phenoxy) is 1. The zero-order valence-corrected chi connectivity index (χ0v) is 18.5. The minimum absolute atomic E-state index is 0.0553. The third-order valence-corrected chi connectivity index (χ3v) is 6.63. The number of carbonyl (C=O) groups is 3. The standard InChI is InChI=1S/C23H21N3O6S/c1-14-11-18(23(29)32-13-16-7-9-17(10-8-16)26(30)31)25-21(28)20(22(25)33-14)24-19(27)12-15-5-3-2-4-6-15/h2-11,14,20,22H,12-13H2,1H3,(H,24,27)/t14?,20?,22-/m0/s1. The Balaban J connectivity index is 1.37. The van der Waals surface area contributed by atoms with Crippen LogP contribution in [0.1, 0.15) is 18.1 Å². The number of rotatable bonds is 7. The van der Waals surface area contributed by atoms with Gasteiger partial charge in [-0.1, -0.05) is 30.3 Å². The van der Waals surface area contributed by atoms with Crippen molar-refractivity contribution in [2.45, 2.75) is 36.6 Å². The van der Waals surface area contributed by atoms with Crippen molar-refractivity contribution in [2.24, 2.45) is 0 Å². The first-order valence-corrected chi connectivity index (χ1v) is 11.2. The van der Waals surface area contributed by atoms with E-state index in [4.69, 9.17) is 4.74 Å². The van der Waals surface area contributed by atoms with Crippen LogP contribution in [0.25, 0.3) is 0 Å². The van der Waals surface area contributed by atoms with Crippen molar-refractivity contribution < 1.29 is 24.0 Å². The predicted molar refractivity (Wildman–Crippen MR) is 121 cm³/mol. The van der Waals surface area contributed by atoms with Crippen LogP contribution in [0.5, 0.6) is 0 Å². The fourth-order valence-corrected chi connectivity index (χ4v) is 4.99. The second kappa shape index (κ2) is 9.45. The molecule has 2 amide bonds. The minimum atomic E-state index is -0.708. The van der Waals surface area contributed by atoms with Crippen molar-refractivity contribution in [1.29, 1.82) is 0 Å². The molecule has 2 unspecified atom stereocenters. The third-order valence-electron chi connectivity index (χ3n) is 5.30. The summed E-state index contributed by atoms with van der Waals surface area (Å²) in [5, 5.41) is 13.1. The van der Waals surface area contributed by atoms with Gasteiger partial charge in [-0.3, -0.25) is 24.6 Å².